The summed E-state index contributed by atoms with van der Waals surface area (Å²) in [6, 6.07) is 11.3. The Morgan fingerprint density at radius 3 is 2.56 bits per heavy atom. The molecule has 0 aliphatic carbocycles. The zero-order chi connectivity index (χ0) is 18.4. The Balaban J connectivity index is 2.33. The smallest absolute Gasteiger partial charge is 0.348 e. The van der Waals surface area contributed by atoms with Crippen LogP contribution in [0, 0.1) is 25.2 Å². The van der Waals surface area contributed by atoms with Crippen molar-refractivity contribution in [3.05, 3.63) is 57.9 Å². The Bertz CT molecular complexity index is 830. The predicted molar refractivity (Wildman–Crippen MR) is 96.7 cm³/mol. The highest BCUT2D eigenvalue weighted by atomic mass is 35.5. The molecule has 1 heterocycles. The largest absolute Gasteiger partial charge is 0.459 e. The van der Waals surface area contributed by atoms with Crippen LogP contribution in [-0.2, 0) is 14.3 Å². The Kier molecular flexibility index (Phi) is 6.40. The molecular formula is C19H19ClN2O3. The first-order chi connectivity index (χ1) is 12.0. The molecule has 0 saturated carbocycles. The van der Waals surface area contributed by atoms with Crippen molar-refractivity contribution < 1.29 is 14.3 Å². The first-order valence-electron chi connectivity index (χ1n) is 7.70. The molecule has 0 unspecified atom stereocenters. The fraction of sp³-hybridized carbons (Fsp3) is 0.263. The van der Waals surface area contributed by atoms with E-state index in [9.17, 15) is 10.1 Å². The minimum atomic E-state index is -0.657. The van der Waals surface area contributed by atoms with Crippen LogP contribution in [0.4, 0.5) is 0 Å². The average molecular weight is 359 g/mol. The number of benzene rings is 1. The van der Waals surface area contributed by atoms with Gasteiger partial charge in [-0.15, -0.1) is 0 Å². The first kappa shape index (κ1) is 18.8. The van der Waals surface area contributed by atoms with Crippen molar-refractivity contribution in [1.29, 1.82) is 5.26 Å². The van der Waals surface area contributed by atoms with Gasteiger partial charge in [0.1, 0.15) is 18.2 Å². The fourth-order valence-corrected chi connectivity index (χ4v) is 2.64. The molecule has 0 amide bonds. The van der Waals surface area contributed by atoms with Gasteiger partial charge in [-0.25, -0.2) is 4.79 Å². The summed E-state index contributed by atoms with van der Waals surface area (Å²) in [5.74, 6) is -0.657. The Hall–Kier alpha value is -2.55. The SMILES string of the molecule is COCCOC(=O)/C(C#N)=C/c1cc(C)n(-c2ccc(Cl)cc2)c1C. The van der Waals surface area contributed by atoms with Crippen LogP contribution in [0.1, 0.15) is 17.0 Å². The van der Waals surface area contributed by atoms with E-state index in [2.05, 4.69) is 0 Å². The predicted octanol–water partition coefficient (Wildman–Crippen LogP) is 3.84. The van der Waals surface area contributed by atoms with Gasteiger partial charge < -0.3 is 14.0 Å². The third-order valence-electron chi connectivity index (χ3n) is 3.72. The number of aryl methyl sites for hydroxylation is 1. The summed E-state index contributed by atoms with van der Waals surface area (Å²) in [4.78, 5) is 12.0. The second-order valence-corrected chi connectivity index (χ2v) is 5.87. The van der Waals surface area contributed by atoms with Crippen molar-refractivity contribution in [2.24, 2.45) is 0 Å². The number of aromatic nitrogens is 1. The van der Waals surface area contributed by atoms with Crippen LogP contribution < -0.4 is 0 Å². The zero-order valence-corrected chi connectivity index (χ0v) is 15.1. The maximum absolute atomic E-state index is 12.0. The Morgan fingerprint density at radius 1 is 1.28 bits per heavy atom. The van der Waals surface area contributed by atoms with Gasteiger partial charge in [0.2, 0.25) is 0 Å². The number of halogens is 1. The number of methoxy groups -OCH3 is 1. The van der Waals surface area contributed by atoms with E-state index in [1.807, 2.05) is 54.8 Å². The summed E-state index contributed by atoms with van der Waals surface area (Å²) in [5.41, 5.74) is 3.59. The minimum absolute atomic E-state index is 0.0486. The van der Waals surface area contributed by atoms with E-state index in [0.29, 0.717) is 5.02 Å². The molecule has 0 radical (unpaired) electrons. The van der Waals surface area contributed by atoms with Gasteiger partial charge in [0.15, 0.2) is 0 Å². The Labute approximate surface area is 152 Å². The summed E-state index contributed by atoms with van der Waals surface area (Å²) < 4.78 is 11.9. The molecular weight excluding hydrogens is 340 g/mol. The molecule has 6 heteroatoms. The number of nitriles is 1. The van der Waals surface area contributed by atoms with Crippen LogP contribution in [0.3, 0.4) is 0 Å². The number of hydrogen-bond donors (Lipinski definition) is 0. The van der Waals surface area contributed by atoms with Crippen molar-refractivity contribution in [3.63, 3.8) is 0 Å². The molecule has 0 N–H and O–H groups in total. The van der Waals surface area contributed by atoms with Crippen LogP contribution in [-0.4, -0.2) is 30.9 Å². The normalized spacial score (nSPS) is 11.2. The van der Waals surface area contributed by atoms with Crippen LogP contribution in [0.2, 0.25) is 5.02 Å². The zero-order valence-electron chi connectivity index (χ0n) is 14.4. The molecule has 0 atom stereocenters. The number of ether oxygens (including phenoxy) is 2. The molecule has 0 bridgehead atoms. The molecule has 25 heavy (non-hydrogen) atoms. The monoisotopic (exact) mass is 358 g/mol. The lowest BCUT2D eigenvalue weighted by Crippen LogP contribution is -2.11. The molecule has 1 aromatic heterocycles. The maximum Gasteiger partial charge on any atom is 0.348 e. The summed E-state index contributed by atoms with van der Waals surface area (Å²) in [5, 5.41) is 9.92. The summed E-state index contributed by atoms with van der Waals surface area (Å²) >= 11 is 5.94. The van der Waals surface area contributed by atoms with Crippen molar-refractivity contribution in [2.75, 3.05) is 20.3 Å². The van der Waals surface area contributed by atoms with E-state index in [1.165, 1.54) is 7.11 Å². The van der Waals surface area contributed by atoms with E-state index in [-0.39, 0.29) is 18.8 Å². The molecule has 2 rings (SSSR count). The third-order valence-corrected chi connectivity index (χ3v) is 3.97. The van der Waals surface area contributed by atoms with Gasteiger partial charge in [-0.1, -0.05) is 11.6 Å². The highest BCUT2D eigenvalue weighted by molar-refractivity contribution is 6.30. The number of nitrogens with zero attached hydrogens (tertiary/aromatic N) is 2. The van der Waals surface area contributed by atoms with Gasteiger partial charge in [0.05, 0.1) is 6.61 Å². The van der Waals surface area contributed by atoms with Gasteiger partial charge >= 0.3 is 5.97 Å². The van der Waals surface area contributed by atoms with Gasteiger partial charge in [0, 0.05) is 29.2 Å². The highest BCUT2D eigenvalue weighted by Gasteiger charge is 2.14. The lowest BCUT2D eigenvalue weighted by molar-refractivity contribution is -0.139. The van der Waals surface area contributed by atoms with Crippen molar-refractivity contribution in [3.8, 4) is 11.8 Å². The van der Waals surface area contributed by atoms with E-state index < -0.39 is 5.97 Å². The van der Waals surface area contributed by atoms with E-state index >= 15 is 0 Å². The van der Waals surface area contributed by atoms with E-state index in [1.54, 1.807) is 6.08 Å². The molecule has 0 saturated heterocycles. The minimum Gasteiger partial charge on any atom is -0.459 e. The van der Waals surface area contributed by atoms with Crippen molar-refractivity contribution in [2.45, 2.75) is 13.8 Å². The molecule has 5 nitrogen and oxygen atoms in total. The van der Waals surface area contributed by atoms with Crippen LogP contribution in [0.15, 0.2) is 35.9 Å². The highest BCUT2D eigenvalue weighted by Crippen LogP contribution is 2.24. The second kappa shape index (κ2) is 8.52. The van der Waals surface area contributed by atoms with Gasteiger partial charge in [-0.3, -0.25) is 0 Å². The number of carbonyl (C=O) groups is 1. The standard InChI is InChI=1S/C19H19ClN2O3/c1-13-10-15(11-16(12-21)19(23)25-9-8-24-3)14(2)22(13)18-6-4-17(20)5-7-18/h4-7,10-11H,8-9H2,1-3H3/b16-11+. The summed E-state index contributed by atoms with van der Waals surface area (Å²) in [6.07, 6.45) is 1.55. The summed E-state index contributed by atoms with van der Waals surface area (Å²) in [7, 11) is 1.51. The molecule has 0 spiro atoms. The van der Waals surface area contributed by atoms with Crippen LogP contribution in [0.5, 0.6) is 0 Å². The lowest BCUT2D eigenvalue weighted by atomic mass is 10.1. The number of esters is 1. The lowest BCUT2D eigenvalue weighted by Gasteiger charge is -2.09. The van der Waals surface area contributed by atoms with Crippen LogP contribution in [0.25, 0.3) is 11.8 Å². The molecule has 130 valence electrons. The number of rotatable bonds is 6. The fourth-order valence-electron chi connectivity index (χ4n) is 2.51. The molecule has 0 aliphatic heterocycles. The number of hydrogen-bond acceptors (Lipinski definition) is 4. The van der Waals surface area contributed by atoms with Gasteiger partial charge in [0.25, 0.3) is 0 Å². The second-order valence-electron chi connectivity index (χ2n) is 5.44. The molecule has 0 aliphatic rings. The Morgan fingerprint density at radius 2 is 1.96 bits per heavy atom. The maximum atomic E-state index is 12.0. The van der Waals surface area contributed by atoms with E-state index in [0.717, 1.165) is 22.6 Å². The third kappa shape index (κ3) is 4.50. The van der Waals surface area contributed by atoms with Gasteiger partial charge in [-0.2, -0.15) is 5.26 Å². The van der Waals surface area contributed by atoms with Crippen molar-refractivity contribution >= 4 is 23.6 Å². The van der Waals surface area contributed by atoms with Gasteiger partial charge in [-0.05, 0) is 55.8 Å². The van der Waals surface area contributed by atoms with E-state index in [4.69, 9.17) is 21.1 Å². The molecule has 2 aromatic rings. The number of carbonyl (C=O) groups excluding carboxylic acids is 1. The molecule has 1 aromatic carbocycles. The van der Waals surface area contributed by atoms with Crippen molar-refractivity contribution in [1.82, 2.24) is 4.57 Å². The topological polar surface area (TPSA) is 64.2 Å². The quantitative estimate of drug-likeness (QED) is 0.340. The van der Waals surface area contributed by atoms with Crippen LogP contribution >= 0.6 is 11.6 Å². The summed E-state index contributed by atoms with van der Waals surface area (Å²) in [6.45, 7) is 4.29. The first-order valence-corrected chi connectivity index (χ1v) is 8.08. The average Bonchev–Trinajstić information content (AvgIpc) is 2.87. The molecule has 0 fully saturated rings.